The predicted octanol–water partition coefficient (Wildman–Crippen LogP) is 4.11. The van der Waals surface area contributed by atoms with Crippen molar-refractivity contribution in [3.05, 3.63) is 35.4 Å². The highest BCUT2D eigenvalue weighted by Gasteiger charge is 2.36. The average Bonchev–Trinajstić information content (AvgIpc) is 2.53. The quantitative estimate of drug-likeness (QED) is 0.751. The standard InChI is InChI=1S/C14H17F3O/c15-14(16,17)12-8-5-4-6-10(12)11-7-2-1-3-9-13(11)18/h4-6,8,11,13,18H,1-3,7,9H2. The Kier molecular flexibility index (Phi) is 3.95. The van der Waals surface area contributed by atoms with E-state index in [0.717, 1.165) is 25.3 Å². The van der Waals surface area contributed by atoms with Gasteiger partial charge in [0.05, 0.1) is 11.7 Å². The van der Waals surface area contributed by atoms with Crippen molar-refractivity contribution < 1.29 is 18.3 Å². The second kappa shape index (κ2) is 5.31. The number of halogens is 3. The number of rotatable bonds is 1. The molecule has 0 aromatic heterocycles. The third kappa shape index (κ3) is 2.86. The first-order valence-electron chi connectivity index (χ1n) is 6.34. The molecule has 0 spiro atoms. The van der Waals surface area contributed by atoms with Crippen LogP contribution in [0.4, 0.5) is 13.2 Å². The number of aliphatic hydroxyl groups excluding tert-OH is 1. The van der Waals surface area contributed by atoms with Crippen LogP contribution < -0.4 is 0 Å². The minimum Gasteiger partial charge on any atom is -0.392 e. The lowest BCUT2D eigenvalue weighted by atomic mass is 9.86. The lowest BCUT2D eigenvalue weighted by Crippen LogP contribution is -2.21. The van der Waals surface area contributed by atoms with E-state index in [9.17, 15) is 18.3 Å². The Labute approximate surface area is 105 Å². The Hall–Kier alpha value is -1.03. The molecule has 1 saturated carbocycles. The molecule has 4 heteroatoms. The first-order chi connectivity index (χ1) is 8.50. The molecule has 18 heavy (non-hydrogen) atoms. The molecular formula is C14H17F3O. The molecule has 1 nitrogen and oxygen atoms in total. The molecule has 2 atom stereocenters. The summed E-state index contributed by atoms with van der Waals surface area (Å²) >= 11 is 0. The van der Waals surface area contributed by atoms with Crippen molar-refractivity contribution in [1.29, 1.82) is 0 Å². The molecule has 0 amide bonds. The van der Waals surface area contributed by atoms with Crippen molar-refractivity contribution >= 4 is 0 Å². The number of hydrogen-bond acceptors (Lipinski definition) is 1. The lowest BCUT2D eigenvalue weighted by Gasteiger charge is -2.24. The van der Waals surface area contributed by atoms with E-state index in [1.165, 1.54) is 12.1 Å². The maximum atomic E-state index is 13.0. The van der Waals surface area contributed by atoms with Gasteiger partial charge in [0.15, 0.2) is 0 Å². The van der Waals surface area contributed by atoms with Gasteiger partial charge in [0.2, 0.25) is 0 Å². The largest absolute Gasteiger partial charge is 0.416 e. The molecule has 1 aromatic carbocycles. The van der Waals surface area contributed by atoms with Crippen molar-refractivity contribution in [2.24, 2.45) is 0 Å². The fraction of sp³-hybridized carbons (Fsp3) is 0.571. The highest BCUT2D eigenvalue weighted by molar-refractivity contribution is 5.33. The predicted molar refractivity (Wildman–Crippen MR) is 63.3 cm³/mol. The van der Waals surface area contributed by atoms with Gasteiger partial charge in [-0.15, -0.1) is 0 Å². The summed E-state index contributed by atoms with van der Waals surface area (Å²) in [6.07, 6.45) is -1.01. The minimum atomic E-state index is -4.34. The SMILES string of the molecule is OC1CCCCCC1c1ccccc1C(F)(F)F. The molecule has 1 N–H and O–H groups in total. The topological polar surface area (TPSA) is 20.2 Å². The maximum Gasteiger partial charge on any atom is 0.416 e. The van der Waals surface area contributed by atoms with Gasteiger partial charge in [0.1, 0.15) is 0 Å². The summed E-state index contributed by atoms with van der Waals surface area (Å²) in [4.78, 5) is 0. The Bertz CT molecular complexity index is 400. The van der Waals surface area contributed by atoms with Crippen molar-refractivity contribution in [2.45, 2.75) is 50.3 Å². The average molecular weight is 258 g/mol. The summed E-state index contributed by atoms with van der Waals surface area (Å²) in [6, 6.07) is 5.62. The van der Waals surface area contributed by atoms with E-state index >= 15 is 0 Å². The number of alkyl halides is 3. The van der Waals surface area contributed by atoms with Crippen LogP contribution in [0.2, 0.25) is 0 Å². The van der Waals surface area contributed by atoms with Gasteiger partial charge in [-0.3, -0.25) is 0 Å². The van der Waals surface area contributed by atoms with E-state index in [1.54, 1.807) is 6.07 Å². The van der Waals surface area contributed by atoms with Gasteiger partial charge in [-0.05, 0) is 24.5 Å². The van der Waals surface area contributed by atoms with E-state index in [-0.39, 0.29) is 11.5 Å². The van der Waals surface area contributed by atoms with Crippen molar-refractivity contribution in [2.75, 3.05) is 0 Å². The van der Waals surface area contributed by atoms with E-state index in [4.69, 9.17) is 0 Å². The van der Waals surface area contributed by atoms with Gasteiger partial charge in [-0.1, -0.05) is 37.5 Å². The highest BCUT2D eigenvalue weighted by atomic mass is 19.4. The molecule has 0 saturated heterocycles. The van der Waals surface area contributed by atoms with Gasteiger partial charge in [-0.25, -0.2) is 0 Å². The van der Waals surface area contributed by atoms with Crippen LogP contribution in [0.15, 0.2) is 24.3 Å². The fourth-order valence-electron chi connectivity index (χ4n) is 2.73. The fourth-order valence-corrected chi connectivity index (χ4v) is 2.73. The molecular weight excluding hydrogens is 241 g/mol. The molecule has 1 fully saturated rings. The van der Waals surface area contributed by atoms with Gasteiger partial charge in [0.25, 0.3) is 0 Å². The molecule has 0 heterocycles. The number of benzene rings is 1. The Morgan fingerprint density at radius 1 is 1.00 bits per heavy atom. The third-order valence-electron chi connectivity index (χ3n) is 3.65. The molecule has 1 aliphatic carbocycles. The Morgan fingerprint density at radius 2 is 1.67 bits per heavy atom. The molecule has 1 aliphatic rings. The summed E-state index contributed by atoms with van der Waals surface area (Å²) < 4.78 is 38.9. The summed E-state index contributed by atoms with van der Waals surface area (Å²) in [6.45, 7) is 0. The number of hydrogen-bond donors (Lipinski definition) is 1. The van der Waals surface area contributed by atoms with Crippen LogP contribution in [0.1, 0.15) is 49.1 Å². The maximum absolute atomic E-state index is 13.0. The highest BCUT2D eigenvalue weighted by Crippen LogP contribution is 2.39. The van der Waals surface area contributed by atoms with Crippen LogP contribution in [0, 0.1) is 0 Å². The van der Waals surface area contributed by atoms with E-state index in [2.05, 4.69) is 0 Å². The zero-order valence-electron chi connectivity index (χ0n) is 10.1. The van der Waals surface area contributed by atoms with Crippen LogP contribution in [0.25, 0.3) is 0 Å². The summed E-state index contributed by atoms with van der Waals surface area (Å²) in [7, 11) is 0. The zero-order chi connectivity index (χ0) is 13.2. The lowest BCUT2D eigenvalue weighted by molar-refractivity contribution is -0.138. The molecule has 100 valence electrons. The van der Waals surface area contributed by atoms with Gasteiger partial charge >= 0.3 is 6.18 Å². The molecule has 0 bridgehead atoms. The first-order valence-corrected chi connectivity index (χ1v) is 6.34. The van der Waals surface area contributed by atoms with Crippen LogP contribution in [-0.4, -0.2) is 11.2 Å². The van der Waals surface area contributed by atoms with Crippen LogP contribution in [0.5, 0.6) is 0 Å². The smallest absolute Gasteiger partial charge is 0.392 e. The summed E-state index contributed by atoms with van der Waals surface area (Å²) in [5, 5.41) is 10.0. The summed E-state index contributed by atoms with van der Waals surface area (Å²) in [5.41, 5.74) is -0.352. The monoisotopic (exact) mass is 258 g/mol. The van der Waals surface area contributed by atoms with E-state index in [1.807, 2.05) is 0 Å². The number of aliphatic hydroxyl groups is 1. The molecule has 0 radical (unpaired) electrons. The Morgan fingerprint density at radius 3 is 2.39 bits per heavy atom. The van der Waals surface area contributed by atoms with Crippen molar-refractivity contribution in [3.63, 3.8) is 0 Å². The van der Waals surface area contributed by atoms with Crippen molar-refractivity contribution in [1.82, 2.24) is 0 Å². The van der Waals surface area contributed by atoms with Crippen LogP contribution >= 0.6 is 0 Å². The molecule has 2 unspecified atom stereocenters. The molecule has 2 rings (SSSR count). The van der Waals surface area contributed by atoms with Crippen molar-refractivity contribution in [3.8, 4) is 0 Å². The second-order valence-electron chi connectivity index (χ2n) is 4.90. The van der Waals surface area contributed by atoms with Gasteiger partial charge < -0.3 is 5.11 Å². The van der Waals surface area contributed by atoms with Crippen LogP contribution in [0.3, 0.4) is 0 Å². The normalized spacial score (nSPS) is 25.8. The van der Waals surface area contributed by atoms with Gasteiger partial charge in [0, 0.05) is 5.92 Å². The summed E-state index contributed by atoms with van der Waals surface area (Å²) in [5.74, 6) is -0.384. The van der Waals surface area contributed by atoms with Crippen LogP contribution in [-0.2, 0) is 6.18 Å². The molecule has 0 aliphatic heterocycles. The third-order valence-corrected chi connectivity index (χ3v) is 3.65. The van der Waals surface area contributed by atoms with E-state index < -0.39 is 17.8 Å². The Balaban J connectivity index is 2.37. The van der Waals surface area contributed by atoms with E-state index in [0.29, 0.717) is 12.8 Å². The second-order valence-corrected chi connectivity index (χ2v) is 4.90. The zero-order valence-corrected chi connectivity index (χ0v) is 10.1. The minimum absolute atomic E-state index is 0.249. The van der Waals surface area contributed by atoms with Gasteiger partial charge in [-0.2, -0.15) is 13.2 Å². The molecule has 1 aromatic rings. The first kappa shape index (κ1) is 13.4.